The van der Waals surface area contributed by atoms with Crippen molar-refractivity contribution >= 4 is 11.0 Å². The molecule has 0 spiro atoms. The van der Waals surface area contributed by atoms with Crippen LogP contribution in [0.15, 0.2) is 81.3 Å². The van der Waals surface area contributed by atoms with Crippen molar-refractivity contribution in [1.82, 2.24) is 0 Å². The van der Waals surface area contributed by atoms with Crippen LogP contribution in [0.4, 0.5) is 0 Å². The molecule has 3 N–H and O–H groups in total. The van der Waals surface area contributed by atoms with Crippen LogP contribution in [0.2, 0.25) is 0 Å². The number of phenolic OH excluding ortho intramolecular Hbond substituents is 3. The Morgan fingerprint density at radius 2 is 1.21 bits per heavy atom. The molecule has 1 heterocycles. The first kappa shape index (κ1) is 28.9. The highest BCUT2D eigenvalue weighted by Crippen LogP contribution is 2.42. The van der Waals surface area contributed by atoms with E-state index < -0.39 is 0 Å². The minimum atomic E-state index is 0.0437. The summed E-state index contributed by atoms with van der Waals surface area (Å²) in [5.41, 5.74) is 7.80. The molecule has 202 valence electrons. The van der Waals surface area contributed by atoms with Gasteiger partial charge in [-0.2, -0.15) is 0 Å². The standard InChI is InChI=1S/C34H42O4/c1-22(2)9-7-11-24(5)13-17-28-30(36)21-31(37)29(18-14-25(6)12-8-10-23(3)4)34(28)33-19-26-15-16-27(35)20-32(26)38-33/h9-10,13-16,19-21,35-37H,7-8,11-12,17-18H2,1-6H3. The fourth-order valence-electron chi connectivity index (χ4n) is 4.53. The van der Waals surface area contributed by atoms with Crippen LogP contribution in [0.5, 0.6) is 17.2 Å². The molecule has 3 rings (SSSR count). The number of aromatic hydroxyl groups is 3. The highest BCUT2D eigenvalue weighted by atomic mass is 16.3. The molecule has 3 aromatic rings. The molecule has 4 heteroatoms. The largest absolute Gasteiger partial charge is 0.508 e. The van der Waals surface area contributed by atoms with E-state index in [1.807, 2.05) is 6.07 Å². The molecular weight excluding hydrogens is 472 g/mol. The fourth-order valence-corrected chi connectivity index (χ4v) is 4.53. The van der Waals surface area contributed by atoms with Crippen LogP contribution in [-0.4, -0.2) is 15.3 Å². The molecule has 0 radical (unpaired) electrons. The van der Waals surface area contributed by atoms with Gasteiger partial charge in [-0.25, -0.2) is 0 Å². The second kappa shape index (κ2) is 13.2. The van der Waals surface area contributed by atoms with Crippen molar-refractivity contribution in [3.8, 4) is 28.6 Å². The van der Waals surface area contributed by atoms with Gasteiger partial charge < -0.3 is 19.7 Å². The van der Waals surface area contributed by atoms with Crippen LogP contribution >= 0.6 is 0 Å². The van der Waals surface area contributed by atoms with Crippen molar-refractivity contribution in [2.45, 2.75) is 80.1 Å². The average Bonchev–Trinajstić information content (AvgIpc) is 3.24. The average molecular weight is 515 g/mol. The highest BCUT2D eigenvalue weighted by Gasteiger charge is 2.21. The lowest BCUT2D eigenvalue weighted by Gasteiger charge is -2.16. The minimum Gasteiger partial charge on any atom is -0.508 e. The van der Waals surface area contributed by atoms with Gasteiger partial charge in [-0.1, -0.05) is 46.6 Å². The van der Waals surface area contributed by atoms with Gasteiger partial charge in [-0.3, -0.25) is 0 Å². The number of rotatable bonds is 11. The van der Waals surface area contributed by atoms with Crippen molar-refractivity contribution in [2.75, 3.05) is 0 Å². The van der Waals surface area contributed by atoms with Gasteiger partial charge in [0.15, 0.2) is 0 Å². The molecule has 0 amide bonds. The summed E-state index contributed by atoms with van der Waals surface area (Å²) in [5.74, 6) is 0.778. The predicted molar refractivity (Wildman–Crippen MR) is 159 cm³/mol. The van der Waals surface area contributed by atoms with E-state index in [0.717, 1.165) is 42.2 Å². The molecule has 1 aromatic heterocycles. The molecule has 0 aliphatic rings. The van der Waals surface area contributed by atoms with Gasteiger partial charge in [-0.15, -0.1) is 0 Å². The third kappa shape index (κ3) is 7.92. The molecular formula is C34H42O4. The van der Waals surface area contributed by atoms with Crippen LogP contribution in [0.3, 0.4) is 0 Å². The van der Waals surface area contributed by atoms with Gasteiger partial charge in [0, 0.05) is 34.2 Å². The number of benzene rings is 2. The van der Waals surface area contributed by atoms with E-state index in [1.54, 1.807) is 18.2 Å². The van der Waals surface area contributed by atoms with Crippen molar-refractivity contribution in [2.24, 2.45) is 0 Å². The Bertz CT molecular complexity index is 1320. The van der Waals surface area contributed by atoms with E-state index in [4.69, 9.17) is 4.42 Å². The first-order chi connectivity index (χ1) is 18.0. The van der Waals surface area contributed by atoms with Gasteiger partial charge in [0.05, 0.1) is 0 Å². The molecule has 0 fully saturated rings. The minimum absolute atomic E-state index is 0.0437. The molecule has 0 atom stereocenters. The van der Waals surface area contributed by atoms with Gasteiger partial charge in [0.2, 0.25) is 0 Å². The summed E-state index contributed by atoms with van der Waals surface area (Å²) in [6, 6.07) is 8.37. The molecule has 4 nitrogen and oxygen atoms in total. The summed E-state index contributed by atoms with van der Waals surface area (Å²) in [6.45, 7) is 12.6. The zero-order valence-electron chi connectivity index (χ0n) is 23.7. The molecule has 0 saturated carbocycles. The van der Waals surface area contributed by atoms with Gasteiger partial charge in [0.25, 0.3) is 0 Å². The molecule has 0 bridgehead atoms. The number of fused-ring (bicyclic) bond motifs is 1. The topological polar surface area (TPSA) is 73.8 Å². The van der Waals surface area contributed by atoms with Crippen molar-refractivity contribution in [3.63, 3.8) is 0 Å². The number of hydrogen-bond acceptors (Lipinski definition) is 4. The molecule has 0 aliphatic heterocycles. The van der Waals surface area contributed by atoms with Gasteiger partial charge >= 0.3 is 0 Å². The predicted octanol–water partition coefficient (Wildman–Crippen LogP) is 9.69. The normalized spacial score (nSPS) is 12.2. The first-order valence-corrected chi connectivity index (χ1v) is 13.4. The Labute approximate surface area is 227 Å². The molecule has 0 unspecified atom stereocenters. The van der Waals surface area contributed by atoms with Crippen molar-refractivity contribution in [1.29, 1.82) is 0 Å². The van der Waals surface area contributed by atoms with Crippen LogP contribution in [0.1, 0.15) is 78.4 Å². The number of furan rings is 1. The van der Waals surface area contributed by atoms with Crippen molar-refractivity contribution < 1.29 is 19.7 Å². The third-order valence-electron chi connectivity index (χ3n) is 6.74. The molecule has 0 aliphatic carbocycles. The lowest BCUT2D eigenvalue weighted by atomic mass is 9.91. The van der Waals surface area contributed by atoms with Gasteiger partial charge in [0.1, 0.15) is 28.6 Å². The maximum atomic E-state index is 11.0. The van der Waals surface area contributed by atoms with E-state index >= 15 is 0 Å². The fraction of sp³-hybridized carbons (Fsp3) is 0.353. The SMILES string of the molecule is CC(C)=CCCC(C)=CCc1c(O)cc(O)c(CC=C(C)CCC=C(C)C)c1-c1cc2ccc(O)cc2o1. The van der Waals surface area contributed by atoms with Crippen LogP contribution < -0.4 is 0 Å². The number of allylic oxidation sites excluding steroid dienone is 8. The summed E-state index contributed by atoms with van der Waals surface area (Å²) in [4.78, 5) is 0. The second-order valence-electron chi connectivity index (χ2n) is 10.7. The van der Waals surface area contributed by atoms with E-state index in [2.05, 4.69) is 65.8 Å². The summed E-state index contributed by atoms with van der Waals surface area (Å²) in [6.07, 6.45) is 13.6. The Morgan fingerprint density at radius 3 is 1.71 bits per heavy atom. The van der Waals surface area contributed by atoms with Crippen LogP contribution in [-0.2, 0) is 12.8 Å². The lowest BCUT2D eigenvalue weighted by Crippen LogP contribution is -1.97. The Kier molecular flexibility index (Phi) is 10.1. The van der Waals surface area contributed by atoms with E-state index in [0.29, 0.717) is 29.7 Å². The zero-order valence-corrected chi connectivity index (χ0v) is 23.7. The molecule has 2 aromatic carbocycles. The summed E-state index contributed by atoms with van der Waals surface area (Å²) < 4.78 is 6.18. The first-order valence-electron chi connectivity index (χ1n) is 13.4. The quantitative estimate of drug-likeness (QED) is 0.223. The van der Waals surface area contributed by atoms with Gasteiger partial charge in [-0.05, 0) is 98.3 Å². The smallest absolute Gasteiger partial charge is 0.138 e. The summed E-state index contributed by atoms with van der Waals surface area (Å²) >= 11 is 0. The third-order valence-corrected chi connectivity index (χ3v) is 6.74. The highest BCUT2D eigenvalue weighted by molar-refractivity contribution is 5.86. The van der Waals surface area contributed by atoms with E-state index in [-0.39, 0.29) is 17.2 Å². The number of phenols is 3. The summed E-state index contributed by atoms with van der Waals surface area (Å²) in [5, 5.41) is 32.8. The zero-order chi connectivity index (χ0) is 27.8. The maximum Gasteiger partial charge on any atom is 0.138 e. The molecule has 0 saturated heterocycles. The second-order valence-corrected chi connectivity index (χ2v) is 10.7. The number of hydrogen-bond donors (Lipinski definition) is 3. The Morgan fingerprint density at radius 1 is 0.684 bits per heavy atom. The molecule has 38 heavy (non-hydrogen) atoms. The monoisotopic (exact) mass is 514 g/mol. The maximum absolute atomic E-state index is 11.0. The van der Waals surface area contributed by atoms with Crippen molar-refractivity contribution in [3.05, 3.63) is 88.1 Å². The van der Waals surface area contributed by atoms with Crippen LogP contribution in [0.25, 0.3) is 22.3 Å². The summed E-state index contributed by atoms with van der Waals surface area (Å²) in [7, 11) is 0. The van der Waals surface area contributed by atoms with Crippen LogP contribution in [0, 0.1) is 0 Å². The Balaban J connectivity index is 2.06. The lowest BCUT2D eigenvalue weighted by molar-refractivity contribution is 0.443. The van der Waals surface area contributed by atoms with E-state index in [1.165, 1.54) is 28.4 Å². The Hall–Kier alpha value is -3.66. The van der Waals surface area contributed by atoms with E-state index in [9.17, 15) is 15.3 Å².